The summed E-state index contributed by atoms with van der Waals surface area (Å²) in [7, 11) is 0. The maximum absolute atomic E-state index is 5.37. The van der Waals surface area contributed by atoms with Gasteiger partial charge >= 0.3 is 0 Å². The van der Waals surface area contributed by atoms with E-state index >= 15 is 0 Å². The summed E-state index contributed by atoms with van der Waals surface area (Å²) in [6.45, 7) is 4.66. The number of hydrogen-bond donors (Lipinski definition) is 0. The van der Waals surface area contributed by atoms with E-state index in [2.05, 4.69) is 15.5 Å². The van der Waals surface area contributed by atoms with Crippen molar-refractivity contribution in [3.63, 3.8) is 0 Å². The Kier molecular flexibility index (Phi) is 3.14. The van der Waals surface area contributed by atoms with E-state index in [0.717, 1.165) is 23.7 Å². The highest BCUT2D eigenvalue weighted by Gasteiger charge is 2.05. The lowest BCUT2D eigenvalue weighted by Crippen LogP contribution is -2.02. The van der Waals surface area contributed by atoms with Crippen LogP contribution in [0.25, 0.3) is 5.69 Å². The van der Waals surface area contributed by atoms with Crippen LogP contribution in [0.4, 0.5) is 0 Å². The summed E-state index contributed by atoms with van der Waals surface area (Å²) < 4.78 is 7.11. The van der Waals surface area contributed by atoms with Crippen LogP contribution >= 0.6 is 0 Å². The summed E-state index contributed by atoms with van der Waals surface area (Å²) in [5.41, 5.74) is 0.949. The van der Waals surface area contributed by atoms with Crippen LogP contribution in [0.3, 0.4) is 0 Å². The fourth-order valence-electron chi connectivity index (χ4n) is 1.48. The van der Waals surface area contributed by atoms with E-state index in [9.17, 15) is 0 Å². The lowest BCUT2D eigenvalue weighted by atomic mass is 10.3. The van der Waals surface area contributed by atoms with Gasteiger partial charge in [-0.25, -0.2) is 0 Å². The van der Waals surface area contributed by atoms with Crippen LogP contribution in [-0.2, 0) is 6.42 Å². The molecule has 1 heterocycles. The first kappa shape index (κ1) is 10.6. The highest BCUT2D eigenvalue weighted by Crippen LogP contribution is 2.15. The first-order valence-electron chi connectivity index (χ1n) is 5.35. The number of rotatable bonds is 4. The summed E-state index contributed by atoms with van der Waals surface area (Å²) in [6.07, 6.45) is 0.806. The van der Waals surface area contributed by atoms with Crippen LogP contribution in [0.1, 0.15) is 19.7 Å². The predicted octanol–water partition coefficient (Wildman–Crippen LogP) is 1.62. The average Bonchev–Trinajstić information content (AvgIpc) is 2.78. The number of aromatic nitrogens is 4. The van der Waals surface area contributed by atoms with Crippen molar-refractivity contribution in [2.24, 2.45) is 0 Å². The average molecular weight is 218 g/mol. The highest BCUT2D eigenvalue weighted by atomic mass is 16.5. The van der Waals surface area contributed by atoms with Gasteiger partial charge in [-0.05, 0) is 41.6 Å². The lowest BCUT2D eigenvalue weighted by molar-refractivity contribution is 0.340. The van der Waals surface area contributed by atoms with E-state index in [1.165, 1.54) is 0 Å². The SMILES string of the molecule is CCOc1ccc(-n2nnnc2CC)cc1. The second-order valence-electron chi connectivity index (χ2n) is 3.29. The molecule has 16 heavy (non-hydrogen) atoms. The van der Waals surface area contributed by atoms with Gasteiger partial charge in [0.05, 0.1) is 12.3 Å². The first-order chi connectivity index (χ1) is 7.85. The second kappa shape index (κ2) is 4.74. The van der Waals surface area contributed by atoms with Gasteiger partial charge in [-0.1, -0.05) is 6.92 Å². The van der Waals surface area contributed by atoms with Crippen LogP contribution in [0.2, 0.25) is 0 Å². The second-order valence-corrected chi connectivity index (χ2v) is 3.29. The number of nitrogens with zero attached hydrogens (tertiary/aromatic N) is 4. The van der Waals surface area contributed by atoms with Gasteiger partial charge in [-0.3, -0.25) is 0 Å². The molecule has 0 radical (unpaired) electrons. The van der Waals surface area contributed by atoms with Gasteiger partial charge in [0.25, 0.3) is 0 Å². The smallest absolute Gasteiger partial charge is 0.156 e. The van der Waals surface area contributed by atoms with Gasteiger partial charge in [0, 0.05) is 6.42 Å². The number of aryl methyl sites for hydroxylation is 1. The zero-order chi connectivity index (χ0) is 11.4. The van der Waals surface area contributed by atoms with Crippen molar-refractivity contribution in [1.29, 1.82) is 0 Å². The summed E-state index contributed by atoms with van der Waals surface area (Å²) in [4.78, 5) is 0. The topological polar surface area (TPSA) is 52.8 Å². The lowest BCUT2D eigenvalue weighted by Gasteiger charge is -2.05. The Morgan fingerprint density at radius 3 is 2.56 bits per heavy atom. The van der Waals surface area contributed by atoms with Crippen molar-refractivity contribution < 1.29 is 4.74 Å². The summed E-state index contributed by atoms with van der Waals surface area (Å²) >= 11 is 0. The van der Waals surface area contributed by atoms with Gasteiger partial charge < -0.3 is 4.74 Å². The summed E-state index contributed by atoms with van der Waals surface area (Å²) in [5, 5.41) is 11.5. The van der Waals surface area contributed by atoms with E-state index in [4.69, 9.17) is 4.74 Å². The molecule has 0 unspecified atom stereocenters. The molecule has 0 atom stereocenters. The Labute approximate surface area is 94.0 Å². The quantitative estimate of drug-likeness (QED) is 0.782. The molecule has 2 rings (SSSR count). The molecule has 5 nitrogen and oxygen atoms in total. The molecule has 0 amide bonds. The van der Waals surface area contributed by atoms with Crippen LogP contribution < -0.4 is 4.74 Å². The molecule has 2 aromatic rings. The molecule has 0 saturated heterocycles. The molecule has 84 valence electrons. The van der Waals surface area contributed by atoms with Gasteiger partial charge in [-0.15, -0.1) is 5.10 Å². The molecular weight excluding hydrogens is 204 g/mol. The van der Waals surface area contributed by atoms with E-state index in [1.807, 2.05) is 38.1 Å². The van der Waals surface area contributed by atoms with Gasteiger partial charge in [-0.2, -0.15) is 4.68 Å². The molecular formula is C11H14N4O. The first-order valence-corrected chi connectivity index (χ1v) is 5.35. The predicted molar refractivity (Wildman–Crippen MR) is 59.7 cm³/mol. The minimum atomic E-state index is 0.671. The van der Waals surface area contributed by atoms with Gasteiger partial charge in [0.2, 0.25) is 0 Å². The monoisotopic (exact) mass is 218 g/mol. The third-order valence-corrected chi connectivity index (χ3v) is 2.24. The standard InChI is InChI=1S/C11H14N4O/c1-3-11-12-13-14-15(11)9-5-7-10(8-6-9)16-4-2/h5-8H,3-4H2,1-2H3. The Bertz CT molecular complexity index is 449. The highest BCUT2D eigenvalue weighted by molar-refractivity contribution is 5.36. The zero-order valence-electron chi connectivity index (χ0n) is 9.42. The van der Waals surface area contributed by atoms with Crippen LogP contribution in [0.15, 0.2) is 24.3 Å². The van der Waals surface area contributed by atoms with Crippen LogP contribution in [0, 0.1) is 0 Å². The molecule has 1 aromatic carbocycles. The van der Waals surface area contributed by atoms with E-state index in [0.29, 0.717) is 6.61 Å². The number of ether oxygens (including phenoxy) is 1. The molecule has 0 aliphatic heterocycles. The Balaban J connectivity index is 2.27. The van der Waals surface area contributed by atoms with Gasteiger partial charge in [0.1, 0.15) is 5.75 Å². The van der Waals surface area contributed by atoms with Crippen molar-refractivity contribution in [3.8, 4) is 11.4 Å². The zero-order valence-corrected chi connectivity index (χ0v) is 9.42. The summed E-state index contributed by atoms with van der Waals surface area (Å²) in [5.74, 6) is 1.71. The van der Waals surface area contributed by atoms with Crippen LogP contribution in [0.5, 0.6) is 5.75 Å². The minimum absolute atomic E-state index is 0.671. The molecule has 0 aliphatic carbocycles. The third-order valence-electron chi connectivity index (χ3n) is 2.24. The molecule has 0 fully saturated rings. The van der Waals surface area contributed by atoms with Crippen molar-refractivity contribution >= 4 is 0 Å². The van der Waals surface area contributed by atoms with Crippen molar-refractivity contribution in [3.05, 3.63) is 30.1 Å². The number of benzene rings is 1. The Morgan fingerprint density at radius 1 is 1.19 bits per heavy atom. The maximum atomic E-state index is 5.37. The third kappa shape index (κ3) is 2.03. The van der Waals surface area contributed by atoms with Crippen molar-refractivity contribution in [2.75, 3.05) is 6.61 Å². The fraction of sp³-hybridized carbons (Fsp3) is 0.364. The normalized spacial score (nSPS) is 10.4. The van der Waals surface area contributed by atoms with E-state index in [1.54, 1.807) is 4.68 Å². The largest absolute Gasteiger partial charge is 0.494 e. The number of tetrazole rings is 1. The summed E-state index contributed by atoms with van der Waals surface area (Å²) in [6, 6.07) is 7.72. The Morgan fingerprint density at radius 2 is 1.94 bits per heavy atom. The molecule has 0 bridgehead atoms. The Hall–Kier alpha value is -1.91. The molecule has 0 saturated carbocycles. The molecule has 0 N–H and O–H groups in total. The van der Waals surface area contributed by atoms with Gasteiger partial charge in [0.15, 0.2) is 5.82 Å². The molecule has 0 spiro atoms. The minimum Gasteiger partial charge on any atom is -0.494 e. The maximum Gasteiger partial charge on any atom is 0.156 e. The van der Waals surface area contributed by atoms with Crippen molar-refractivity contribution in [1.82, 2.24) is 20.2 Å². The molecule has 1 aromatic heterocycles. The van der Waals surface area contributed by atoms with Crippen molar-refractivity contribution in [2.45, 2.75) is 20.3 Å². The number of hydrogen-bond acceptors (Lipinski definition) is 4. The molecule has 5 heteroatoms. The van der Waals surface area contributed by atoms with E-state index < -0.39 is 0 Å². The molecule has 0 aliphatic rings. The fourth-order valence-corrected chi connectivity index (χ4v) is 1.48. The van der Waals surface area contributed by atoms with E-state index in [-0.39, 0.29) is 0 Å². The van der Waals surface area contributed by atoms with Crippen LogP contribution in [-0.4, -0.2) is 26.8 Å².